The summed E-state index contributed by atoms with van der Waals surface area (Å²) in [5.74, 6) is 0. The first kappa shape index (κ1) is 5.25. The fourth-order valence-electron chi connectivity index (χ4n) is 0.300. The first-order valence-corrected chi connectivity index (χ1v) is 3.40. The number of nitrogens with zero attached hydrogens (tertiary/aromatic N) is 1. The number of hydrogen-bond acceptors (Lipinski definition) is 2. The third kappa shape index (κ3) is 1.24. The molecule has 1 radical (unpaired) electrons. The third-order valence-electron chi connectivity index (χ3n) is 0.539. The van der Waals surface area contributed by atoms with Crippen LogP contribution in [0.25, 0.3) is 0 Å². The predicted octanol–water partition coefficient (Wildman–Crippen LogP) is 2.01. The molecule has 0 aromatic carbocycles. The summed E-state index contributed by atoms with van der Waals surface area (Å²) in [6, 6.07) is 0. The molecule has 1 nitrogen and oxygen atoms in total. The minimum Gasteiger partial charge on any atom is -0.234 e. The van der Waals surface area contributed by atoms with Crippen LogP contribution in [0.15, 0.2) is 4.60 Å². The van der Waals surface area contributed by atoms with Gasteiger partial charge in [0.2, 0.25) is 0 Å². The van der Waals surface area contributed by atoms with Crippen molar-refractivity contribution in [2.75, 3.05) is 0 Å². The first-order valence-electron chi connectivity index (χ1n) is 1.79. The summed E-state index contributed by atoms with van der Waals surface area (Å²) >= 11 is 4.70. The minimum atomic E-state index is 0.815. The van der Waals surface area contributed by atoms with Crippen molar-refractivity contribution in [3.05, 3.63) is 15.0 Å². The Morgan fingerprint density at radius 2 is 2.57 bits per heavy atom. The molecule has 0 bridgehead atoms. The summed E-state index contributed by atoms with van der Waals surface area (Å²) in [4.78, 5) is 3.99. The molecule has 0 fully saturated rings. The van der Waals surface area contributed by atoms with E-state index in [4.69, 9.17) is 0 Å². The van der Waals surface area contributed by atoms with E-state index in [9.17, 15) is 0 Å². The van der Waals surface area contributed by atoms with Crippen LogP contribution in [0.4, 0.5) is 0 Å². The predicted molar refractivity (Wildman–Crippen MR) is 33.4 cm³/mol. The number of thiazole rings is 1. The second-order valence-electron chi connectivity index (χ2n) is 1.13. The lowest BCUT2D eigenvalue weighted by atomic mass is 10.8. The second kappa shape index (κ2) is 1.92. The van der Waals surface area contributed by atoms with Crippen molar-refractivity contribution in [2.45, 2.75) is 6.92 Å². The quantitative estimate of drug-likeness (QED) is 0.590. The lowest BCUT2D eigenvalue weighted by Gasteiger charge is -1.68. The molecule has 1 heterocycles. The first-order chi connectivity index (χ1) is 3.29. The van der Waals surface area contributed by atoms with Gasteiger partial charge in [-0.2, -0.15) is 0 Å². The number of rotatable bonds is 0. The summed E-state index contributed by atoms with van der Waals surface area (Å²) < 4.78 is 0.815. The van der Waals surface area contributed by atoms with Crippen LogP contribution in [0.1, 0.15) is 5.01 Å². The summed E-state index contributed by atoms with van der Waals surface area (Å²) in [5, 5.41) is 3.96. The zero-order chi connectivity index (χ0) is 5.28. The van der Waals surface area contributed by atoms with Gasteiger partial charge in [-0.25, -0.2) is 4.98 Å². The Morgan fingerprint density at radius 1 is 1.86 bits per heavy atom. The molecule has 0 aliphatic carbocycles. The Hall–Kier alpha value is 0.110. The molecule has 1 rings (SSSR count). The van der Waals surface area contributed by atoms with Crippen molar-refractivity contribution in [1.29, 1.82) is 0 Å². The molecule has 1 aromatic heterocycles. The standard InChI is InChI=1S/C4H3BrNS/c1-3-6-4(5)2-7-3/h1H3. The van der Waals surface area contributed by atoms with Crippen molar-refractivity contribution in [1.82, 2.24) is 4.98 Å². The fourth-order valence-corrected chi connectivity index (χ4v) is 1.34. The van der Waals surface area contributed by atoms with Gasteiger partial charge in [-0.1, -0.05) is 0 Å². The number of halogens is 1. The average molecular weight is 177 g/mol. The van der Waals surface area contributed by atoms with Crippen molar-refractivity contribution in [3.8, 4) is 0 Å². The Balaban J connectivity index is 3.04. The summed E-state index contributed by atoms with van der Waals surface area (Å²) in [7, 11) is 0. The molecule has 0 N–H and O–H groups in total. The average Bonchev–Trinajstić information content (AvgIpc) is 1.87. The van der Waals surface area contributed by atoms with Gasteiger partial charge >= 0.3 is 0 Å². The van der Waals surface area contributed by atoms with Gasteiger partial charge in [0.05, 0.1) is 10.4 Å². The van der Waals surface area contributed by atoms with E-state index in [-0.39, 0.29) is 0 Å². The van der Waals surface area contributed by atoms with Crippen molar-refractivity contribution in [2.24, 2.45) is 0 Å². The molecule has 0 saturated heterocycles. The third-order valence-corrected chi connectivity index (χ3v) is 1.86. The maximum absolute atomic E-state index is 3.99. The highest BCUT2D eigenvalue weighted by Crippen LogP contribution is 2.11. The Bertz CT molecular complexity index is 144. The van der Waals surface area contributed by atoms with Crippen LogP contribution in [-0.2, 0) is 0 Å². The van der Waals surface area contributed by atoms with E-state index in [0.29, 0.717) is 0 Å². The molecule has 1 aromatic rings. The van der Waals surface area contributed by atoms with E-state index in [1.165, 1.54) is 11.3 Å². The molecular formula is C4H3BrNS. The zero-order valence-corrected chi connectivity index (χ0v) is 6.14. The van der Waals surface area contributed by atoms with Crippen molar-refractivity contribution in [3.63, 3.8) is 0 Å². The van der Waals surface area contributed by atoms with Crippen LogP contribution < -0.4 is 0 Å². The number of aromatic nitrogens is 1. The van der Waals surface area contributed by atoms with Gasteiger partial charge in [0, 0.05) is 0 Å². The normalized spacial score (nSPS) is 9.43. The van der Waals surface area contributed by atoms with Gasteiger partial charge in [-0.3, -0.25) is 0 Å². The maximum atomic E-state index is 3.99. The van der Waals surface area contributed by atoms with E-state index in [2.05, 4.69) is 26.3 Å². The topological polar surface area (TPSA) is 12.9 Å². The van der Waals surface area contributed by atoms with Crippen LogP contribution in [-0.4, -0.2) is 4.98 Å². The highest BCUT2D eigenvalue weighted by molar-refractivity contribution is 9.10. The van der Waals surface area contributed by atoms with Crippen molar-refractivity contribution >= 4 is 27.3 Å². The summed E-state index contributed by atoms with van der Waals surface area (Å²) in [6.45, 7) is 1.95. The van der Waals surface area contributed by atoms with Gasteiger partial charge < -0.3 is 0 Å². The van der Waals surface area contributed by atoms with Crippen LogP contribution in [0.5, 0.6) is 0 Å². The molecule has 0 atom stereocenters. The number of aryl methyl sites for hydroxylation is 1. The lowest BCUT2D eigenvalue weighted by Crippen LogP contribution is -1.61. The molecule has 0 aliphatic heterocycles. The van der Waals surface area contributed by atoms with Crippen LogP contribution in [0, 0.1) is 12.3 Å². The largest absolute Gasteiger partial charge is 0.234 e. The minimum absolute atomic E-state index is 0.815. The molecule has 3 heteroatoms. The SMILES string of the molecule is Cc1nc(Br)[c]s1. The van der Waals surface area contributed by atoms with Crippen LogP contribution >= 0.6 is 27.3 Å². The highest BCUT2D eigenvalue weighted by atomic mass is 79.9. The van der Waals surface area contributed by atoms with Crippen molar-refractivity contribution < 1.29 is 0 Å². The smallest absolute Gasteiger partial charge is 0.126 e. The number of hydrogen-bond donors (Lipinski definition) is 0. The van der Waals surface area contributed by atoms with E-state index in [0.717, 1.165) is 9.61 Å². The van der Waals surface area contributed by atoms with Gasteiger partial charge in [-0.15, -0.1) is 11.3 Å². The molecular weight excluding hydrogens is 174 g/mol. The molecule has 0 amide bonds. The highest BCUT2D eigenvalue weighted by Gasteiger charge is 1.89. The van der Waals surface area contributed by atoms with Crippen LogP contribution in [0.3, 0.4) is 0 Å². The summed E-state index contributed by atoms with van der Waals surface area (Å²) in [6.07, 6.45) is 0. The fraction of sp³-hybridized carbons (Fsp3) is 0.250. The van der Waals surface area contributed by atoms with Gasteiger partial charge in [0.25, 0.3) is 0 Å². The molecule has 37 valence electrons. The van der Waals surface area contributed by atoms with Crippen LogP contribution in [0.2, 0.25) is 0 Å². The Morgan fingerprint density at radius 3 is 2.71 bits per heavy atom. The Kier molecular flexibility index (Phi) is 1.44. The maximum Gasteiger partial charge on any atom is 0.126 e. The molecule has 0 saturated carbocycles. The van der Waals surface area contributed by atoms with Gasteiger partial charge in [0.15, 0.2) is 0 Å². The van der Waals surface area contributed by atoms with Gasteiger partial charge in [-0.05, 0) is 22.9 Å². The summed E-state index contributed by atoms with van der Waals surface area (Å²) in [5.41, 5.74) is 0. The van der Waals surface area contributed by atoms with Gasteiger partial charge in [0.1, 0.15) is 4.60 Å². The van der Waals surface area contributed by atoms with E-state index >= 15 is 0 Å². The molecule has 0 aliphatic rings. The zero-order valence-electron chi connectivity index (χ0n) is 3.73. The second-order valence-corrected chi connectivity index (χ2v) is 2.88. The molecule has 7 heavy (non-hydrogen) atoms. The lowest BCUT2D eigenvalue weighted by molar-refractivity contribution is 1.26. The van der Waals surface area contributed by atoms with E-state index in [1.807, 2.05) is 6.92 Å². The van der Waals surface area contributed by atoms with E-state index < -0.39 is 0 Å². The Labute approximate surface area is 54.5 Å². The molecule has 0 spiro atoms. The molecule has 0 unspecified atom stereocenters. The monoisotopic (exact) mass is 176 g/mol. The van der Waals surface area contributed by atoms with E-state index in [1.54, 1.807) is 0 Å².